The maximum atomic E-state index is 12.5. The van der Waals surface area contributed by atoms with Crippen LogP contribution in [0, 0.1) is 0 Å². The molecule has 0 heterocycles. The van der Waals surface area contributed by atoms with Crippen molar-refractivity contribution in [2.24, 2.45) is 0 Å². The average Bonchev–Trinajstić information content (AvgIpc) is 2.59. The summed E-state index contributed by atoms with van der Waals surface area (Å²) in [5, 5.41) is 11.7. The molecule has 0 aliphatic carbocycles. The highest BCUT2D eigenvalue weighted by Crippen LogP contribution is 2.26. The molecule has 120 valence electrons. The van der Waals surface area contributed by atoms with Crippen molar-refractivity contribution in [1.82, 2.24) is 5.32 Å². The number of ether oxygens (including phenoxy) is 1. The van der Waals surface area contributed by atoms with E-state index in [1.165, 1.54) is 7.11 Å². The van der Waals surface area contributed by atoms with Crippen molar-refractivity contribution >= 4 is 17.6 Å². The minimum Gasteiger partial charge on any atom is -0.467 e. The fraction of sp³-hybridized carbons (Fsp3) is 0.176. The van der Waals surface area contributed by atoms with Gasteiger partial charge in [-0.25, -0.2) is 4.79 Å². The average molecular weight is 314 g/mol. The molecule has 6 nitrogen and oxygen atoms in total. The van der Waals surface area contributed by atoms with Crippen molar-refractivity contribution in [2.45, 2.75) is 6.04 Å². The Labute approximate surface area is 133 Å². The lowest BCUT2D eigenvalue weighted by Crippen LogP contribution is -2.44. The van der Waals surface area contributed by atoms with Crippen molar-refractivity contribution in [2.75, 3.05) is 19.5 Å². The van der Waals surface area contributed by atoms with E-state index in [0.29, 0.717) is 16.8 Å². The van der Waals surface area contributed by atoms with Crippen LogP contribution in [0.15, 0.2) is 48.5 Å². The maximum Gasteiger partial charge on any atom is 0.330 e. The van der Waals surface area contributed by atoms with E-state index in [-0.39, 0.29) is 0 Å². The van der Waals surface area contributed by atoms with Crippen molar-refractivity contribution in [1.29, 1.82) is 0 Å². The molecule has 0 aromatic heterocycles. The molecular formula is C17H18N2O4. The second-order valence-electron chi connectivity index (χ2n) is 4.90. The van der Waals surface area contributed by atoms with Crippen LogP contribution in [0.5, 0.6) is 0 Å². The van der Waals surface area contributed by atoms with Gasteiger partial charge in [0.05, 0.1) is 13.7 Å². The number of aliphatic hydroxyl groups excluding tert-OH is 1. The van der Waals surface area contributed by atoms with Crippen LogP contribution in [0.2, 0.25) is 0 Å². The van der Waals surface area contributed by atoms with Crippen molar-refractivity contribution in [3.05, 3.63) is 54.1 Å². The molecule has 1 amide bonds. The van der Waals surface area contributed by atoms with Crippen LogP contribution < -0.4 is 11.1 Å². The van der Waals surface area contributed by atoms with Gasteiger partial charge in [-0.15, -0.1) is 0 Å². The van der Waals surface area contributed by atoms with Crippen LogP contribution in [0.25, 0.3) is 11.1 Å². The summed E-state index contributed by atoms with van der Waals surface area (Å²) in [5.41, 5.74) is 8.16. The minimum atomic E-state index is -1.12. The largest absolute Gasteiger partial charge is 0.467 e. The predicted molar refractivity (Wildman–Crippen MR) is 86.6 cm³/mol. The monoisotopic (exact) mass is 314 g/mol. The first-order valence-electron chi connectivity index (χ1n) is 7.01. The van der Waals surface area contributed by atoms with E-state index in [9.17, 15) is 14.7 Å². The Morgan fingerprint density at radius 1 is 1.22 bits per heavy atom. The fourth-order valence-electron chi connectivity index (χ4n) is 2.17. The van der Waals surface area contributed by atoms with E-state index >= 15 is 0 Å². The summed E-state index contributed by atoms with van der Waals surface area (Å²) in [6, 6.07) is 13.0. The van der Waals surface area contributed by atoms with Crippen molar-refractivity contribution in [3.8, 4) is 11.1 Å². The molecule has 0 aliphatic heterocycles. The molecule has 0 aliphatic rings. The van der Waals surface area contributed by atoms with Crippen LogP contribution in [-0.4, -0.2) is 36.7 Å². The molecule has 2 aromatic carbocycles. The number of anilines is 1. The normalized spacial score (nSPS) is 11.6. The molecule has 6 heteroatoms. The summed E-state index contributed by atoms with van der Waals surface area (Å²) < 4.78 is 4.54. The van der Waals surface area contributed by atoms with Crippen LogP contribution >= 0.6 is 0 Å². The molecule has 0 saturated heterocycles. The number of hydrogen-bond donors (Lipinski definition) is 3. The Hall–Kier alpha value is -2.86. The predicted octanol–water partition coefficient (Wildman–Crippen LogP) is 1.20. The van der Waals surface area contributed by atoms with Crippen LogP contribution in [0.4, 0.5) is 5.69 Å². The molecule has 0 unspecified atom stereocenters. The van der Waals surface area contributed by atoms with Crippen LogP contribution in [0.1, 0.15) is 10.4 Å². The molecule has 0 fully saturated rings. The van der Waals surface area contributed by atoms with Gasteiger partial charge >= 0.3 is 5.97 Å². The smallest absolute Gasteiger partial charge is 0.330 e. The Bertz CT molecular complexity index is 701. The van der Waals surface area contributed by atoms with Crippen LogP contribution in [0.3, 0.4) is 0 Å². The lowest BCUT2D eigenvalue weighted by molar-refractivity contribution is -0.143. The van der Waals surface area contributed by atoms with Gasteiger partial charge in [0.1, 0.15) is 0 Å². The Balaban J connectivity index is 2.36. The van der Waals surface area contributed by atoms with Gasteiger partial charge in [-0.3, -0.25) is 4.79 Å². The van der Waals surface area contributed by atoms with Crippen molar-refractivity contribution in [3.63, 3.8) is 0 Å². The Morgan fingerprint density at radius 2 is 1.91 bits per heavy atom. The second kappa shape index (κ2) is 7.42. The third kappa shape index (κ3) is 3.87. The minimum absolute atomic E-state index is 0.354. The number of nitrogens with two attached hydrogens (primary N) is 1. The molecule has 23 heavy (non-hydrogen) atoms. The summed E-state index contributed by atoms with van der Waals surface area (Å²) in [4.78, 5) is 24.0. The maximum absolute atomic E-state index is 12.5. The number of nitrogen functional groups attached to an aromatic ring is 1. The first kappa shape index (κ1) is 16.5. The molecule has 0 spiro atoms. The molecule has 0 bridgehead atoms. The van der Waals surface area contributed by atoms with Gasteiger partial charge in [-0.05, 0) is 29.3 Å². The summed E-state index contributed by atoms with van der Waals surface area (Å²) in [6.45, 7) is -0.548. The third-order valence-corrected chi connectivity index (χ3v) is 3.35. The highest BCUT2D eigenvalue weighted by Gasteiger charge is 2.22. The van der Waals surface area contributed by atoms with Gasteiger partial charge in [0.15, 0.2) is 6.04 Å². The van der Waals surface area contributed by atoms with E-state index in [1.807, 2.05) is 30.3 Å². The highest BCUT2D eigenvalue weighted by atomic mass is 16.5. The Kier molecular flexibility index (Phi) is 5.32. The number of esters is 1. The number of methoxy groups -OCH3 is 1. The molecule has 0 saturated carbocycles. The number of carbonyl (C=O) groups is 2. The van der Waals surface area contributed by atoms with E-state index in [2.05, 4.69) is 10.1 Å². The lowest BCUT2D eigenvalue weighted by atomic mass is 9.98. The first-order valence-corrected chi connectivity index (χ1v) is 7.01. The molecule has 1 atom stereocenters. The second-order valence-corrected chi connectivity index (χ2v) is 4.90. The first-order chi connectivity index (χ1) is 11.1. The van der Waals surface area contributed by atoms with E-state index in [1.54, 1.807) is 18.2 Å². The van der Waals surface area contributed by atoms with E-state index < -0.39 is 24.5 Å². The number of amides is 1. The summed E-state index contributed by atoms with van der Waals surface area (Å²) in [5.74, 6) is -1.20. The van der Waals surface area contributed by atoms with Crippen molar-refractivity contribution < 1.29 is 19.4 Å². The summed E-state index contributed by atoms with van der Waals surface area (Å²) >= 11 is 0. The van der Waals surface area contributed by atoms with Gasteiger partial charge in [0.25, 0.3) is 5.91 Å². The van der Waals surface area contributed by atoms with Gasteiger partial charge < -0.3 is 20.9 Å². The fourth-order valence-corrected chi connectivity index (χ4v) is 2.17. The molecule has 0 radical (unpaired) electrons. The summed E-state index contributed by atoms with van der Waals surface area (Å²) in [6.07, 6.45) is 0. The van der Waals surface area contributed by atoms with Gasteiger partial charge in [0.2, 0.25) is 0 Å². The van der Waals surface area contributed by atoms with E-state index in [0.717, 1.165) is 5.56 Å². The number of nitrogens with one attached hydrogen (secondary N) is 1. The SMILES string of the molecule is COC(=O)[C@H](CO)NC(=O)c1ccc(N)cc1-c1ccccc1. The van der Waals surface area contributed by atoms with Crippen LogP contribution in [-0.2, 0) is 9.53 Å². The number of benzene rings is 2. The number of aliphatic hydroxyl groups is 1. The van der Waals surface area contributed by atoms with Gasteiger partial charge in [-0.2, -0.15) is 0 Å². The zero-order valence-corrected chi connectivity index (χ0v) is 12.7. The Morgan fingerprint density at radius 3 is 2.52 bits per heavy atom. The molecule has 4 N–H and O–H groups in total. The zero-order valence-electron chi connectivity index (χ0n) is 12.7. The lowest BCUT2D eigenvalue weighted by Gasteiger charge is -2.16. The number of hydrogen-bond acceptors (Lipinski definition) is 5. The van der Waals surface area contributed by atoms with Gasteiger partial charge in [-0.1, -0.05) is 30.3 Å². The molecule has 2 rings (SSSR count). The summed E-state index contributed by atoms with van der Waals surface area (Å²) in [7, 11) is 1.19. The molecule has 2 aromatic rings. The van der Waals surface area contributed by atoms with Gasteiger partial charge in [0, 0.05) is 11.3 Å². The molecular weight excluding hydrogens is 296 g/mol. The quantitative estimate of drug-likeness (QED) is 0.568. The topological polar surface area (TPSA) is 102 Å². The standard InChI is InChI=1S/C17H18N2O4/c1-23-17(22)15(10-20)19-16(21)13-8-7-12(18)9-14(13)11-5-3-2-4-6-11/h2-9,15,20H,10,18H2,1H3,(H,19,21)/t15-/m0/s1. The number of carbonyl (C=O) groups excluding carboxylic acids is 2. The van der Waals surface area contributed by atoms with E-state index in [4.69, 9.17) is 5.73 Å². The highest BCUT2D eigenvalue weighted by molar-refractivity contribution is 6.03. The zero-order chi connectivity index (χ0) is 16.8. The third-order valence-electron chi connectivity index (χ3n) is 3.35. The number of rotatable bonds is 5.